The number of hydrogen-bond donors (Lipinski definition) is 0. The first-order chi connectivity index (χ1) is 10.3. The number of halogens is 1. The minimum Gasteiger partial charge on any atom is -0.336 e. The number of piperidine rings is 1. The van der Waals surface area contributed by atoms with Crippen LogP contribution in [0.1, 0.15) is 31.2 Å². The van der Waals surface area contributed by atoms with Crippen molar-refractivity contribution in [3.05, 3.63) is 35.9 Å². The van der Waals surface area contributed by atoms with Crippen LogP contribution in [0.3, 0.4) is 0 Å². The number of alkyl halides is 1. The highest BCUT2D eigenvalue weighted by Crippen LogP contribution is 2.32. The molecule has 1 heterocycles. The van der Waals surface area contributed by atoms with Gasteiger partial charge < -0.3 is 4.90 Å². The average molecular weight is 307 g/mol. The fourth-order valence-electron chi connectivity index (χ4n) is 3.32. The molecule has 1 aromatic rings. The maximum Gasteiger partial charge on any atom is 0.237 e. The molecule has 0 unspecified atom stereocenters. The Bertz CT molecular complexity index is 467. The van der Waals surface area contributed by atoms with Gasteiger partial charge in [0.25, 0.3) is 0 Å². The normalized spacial score (nSPS) is 20.4. The average Bonchev–Trinajstić information content (AvgIpc) is 3.35. The molecule has 1 amide bonds. The molecule has 0 atom stereocenters. The summed E-state index contributed by atoms with van der Waals surface area (Å²) in [5.41, 5.74) is 1.37. The molecule has 0 aromatic heterocycles. The third-order valence-electron chi connectivity index (χ3n) is 4.54. The maximum atomic E-state index is 12.0. The summed E-state index contributed by atoms with van der Waals surface area (Å²) in [6.07, 6.45) is 4.47. The second kappa shape index (κ2) is 6.80. The molecule has 1 saturated heterocycles. The maximum absolute atomic E-state index is 12.0. The van der Waals surface area contributed by atoms with Crippen LogP contribution in [0, 0.1) is 0 Å². The Morgan fingerprint density at radius 3 is 2.29 bits per heavy atom. The summed E-state index contributed by atoms with van der Waals surface area (Å²) in [7, 11) is 0. The van der Waals surface area contributed by atoms with Crippen molar-refractivity contribution in [1.29, 1.82) is 0 Å². The van der Waals surface area contributed by atoms with Crippen LogP contribution in [-0.4, -0.2) is 46.8 Å². The summed E-state index contributed by atoms with van der Waals surface area (Å²) in [5, 5.41) is 0. The SMILES string of the molecule is O=C(CCl)N(C1CC1)C1CCN(Cc2ccccc2)CC1. The summed E-state index contributed by atoms with van der Waals surface area (Å²) in [4.78, 5) is 16.6. The molecule has 1 aromatic carbocycles. The van der Waals surface area contributed by atoms with Crippen LogP contribution in [0.2, 0.25) is 0 Å². The van der Waals surface area contributed by atoms with E-state index in [-0.39, 0.29) is 11.8 Å². The zero-order valence-electron chi connectivity index (χ0n) is 12.4. The smallest absolute Gasteiger partial charge is 0.237 e. The molecule has 114 valence electrons. The van der Waals surface area contributed by atoms with Gasteiger partial charge in [-0.05, 0) is 31.2 Å². The first-order valence-electron chi connectivity index (χ1n) is 7.91. The molecule has 0 bridgehead atoms. The van der Waals surface area contributed by atoms with E-state index in [0.29, 0.717) is 12.1 Å². The number of amides is 1. The van der Waals surface area contributed by atoms with Gasteiger partial charge in [0.1, 0.15) is 5.88 Å². The van der Waals surface area contributed by atoms with Crippen LogP contribution in [0.5, 0.6) is 0 Å². The Labute approximate surface area is 131 Å². The van der Waals surface area contributed by atoms with Crippen molar-refractivity contribution in [1.82, 2.24) is 9.80 Å². The van der Waals surface area contributed by atoms with Crippen molar-refractivity contribution in [2.24, 2.45) is 0 Å². The van der Waals surface area contributed by atoms with Crippen LogP contribution in [-0.2, 0) is 11.3 Å². The van der Waals surface area contributed by atoms with Gasteiger partial charge in [-0.15, -0.1) is 11.6 Å². The lowest BCUT2D eigenvalue weighted by atomic mass is 10.0. The lowest BCUT2D eigenvalue weighted by molar-refractivity contribution is -0.132. The third-order valence-corrected chi connectivity index (χ3v) is 4.77. The van der Waals surface area contributed by atoms with Gasteiger partial charge >= 0.3 is 0 Å². The van der Waals surface area contributed by atoms with Gasteiger partial charge in [-0.2, -0.15) is 0 Å². The molecule has 1 saturated carbocycles. The Kier molecular flexibility index (Phi) is 4.81. The summed E-state index contributed by atoms with van der Waals surface area (Å²) < 4.78 is 0. The number of nitrogens with zero attached hydrogens (tertiary/aromatic N) is 2. The van der Waals surface area contributed by atoms with Gasteiger partial charge in [-0.3, -0.25) is 9.69 Å². The van der Waals surface area contributed by atoms with Crippen molar-refractivity contribution >= 4 is 17.5 Å². The van der Waals surface area contributed by atoms with E-state index in [1.807, 2.05) is 0 Å². The van der Waals surface area contributed by atoms with Crippen molar-refractivity contribution in [2.45, 2.75) is 44.3 Å². The number of benzene rings is 1. The molecule has 3 nitrogen and oxygen atoms in total. The van der Waals surface area contributed by atoms with Crippen LogP contribution >= 0.6 is 11.6 Å². The molecule has 1 aliphatic carbocycles. The van der Waals surface area contributed by atoms with E-state index in [1.54, 1.807) is 0 Å². The molecule has 2 fully saturated rings. The van der Waals surface area contributed by atoms with Crippen molar-refractivity contribution in [3.8, 4) is 0 Å². The highest BCUT2D eigenvalue weighted by Gasteiger charge is 2.37. The molecule has 0 spiro atoms. The highest BCUT2D eigenvalue weighted by atomic mass is 35.5. The van der Waals surface area contributed by atoms with Gasteiger partial charge in [0.05, 0.1) is 0 Å². The Balaban J connectivity index is 1.53. The van der Waals surface area contributed by atoms with E-state index in [1.165, 1.54) is 5.56 Å². The lowest BCUT2D eigenvalue weighted by Gasteiger charge is -2.38. The van der Waals surface area contributed by atoms with E-state index < -0.39 is 0 Å². The predicted molar refractivity (Wildman–Crippen MR) is 85.3 cm³/mol. The molecular weight excluding hydrogens is 284 g/mol. The molecule has 1 aliphatic heterocycles. The topological polar surface area (TPSA) is 23.6 Å². The summed E-state index contributed by atoms with van der Waals surface area (Å²) >= 11 is 5.77. The summed E-state index contributed by atoms with van der Waals surface area (Å²) in [5.74, 6) is 0.251. The van der Waals surface area contributed by atoms with E-state index in [4.69, 9.17) is 11.6 Å². The highest BCUT2D eigenvalue weighted by molar-refractivity contribution is 6.27. The van der Waals surface area contributed by atoms with Crippen LogP contribution in [0.25, 0.3) is 0 Å². The molecule has 21 heavy (non-hydrogen) atoms. The van der Waals surface area contributed by atoms with Gasteiger partial charge in [0, 0.05) is 31.7 Å². The first kappa shape index (κ1) is 14.9. The van der Waals surface area contributed by atoms with Gasteiger partial charge in [-0.1, -0.05) is 30.3 Å². The van der Waals surface area contributed by atoms with E-state index >= 15 is 0 Å². The third kappa shape index (κ3) is 3.78. The lowest BCUT2D eigenvalue weighted by Crippen LogP contribution is -2.48. The van der Waals surface area contributed by atoms with Gasteiger partial charge in [0.2, 0.25) is 5.91 Å². The largest absolute Gasteiger partial charge is 0.336 e. The molecule has 2 aliphatic rings. The molecule has 0 N–H and O–H groups in total. The second-order valence-corrected chi connectivity index (χ2v) is 6.43. The van der Waals surface area contributed by atoms with Crippen molar-refractivity contribution in [3.63, 3.8) is 0 Å². The molecular formula is C17H23ClN2O. The zero-order chi connectivity index (χ0) is 14.7. The standard InChI is InChI=1S/C17H23ClN2O/c18-12-17(21)20(15-6-7-15)16-8-10-19(11-9-16)13-14-4-2-1-3-5-14/h1-5,15-16H,6-13H2. The van der Waals surface area contributed by atoms with E-state index in [0.717, 1.165) is 45.3 Å². The number of carbonyl (C=O) groups is 1. The number of carbonyl (C=O) groups excluding carboxylic acids is 1. The summed E-state index contributed by atoms with van der Waals surface area (Å²) in [6, 6.07) is 11.5. The second-order valence-electron chi connectivity index (χ2n) is 6.16. The number of hydrogen-bond acceptors (Lipinski definition) is 2. The van der Waals surface area contributed by atoms with Gasteiger partial charge in [0.15, 0.2) is 0 Å². The fourth-order valence-corrected chi connectivity index (χ4v) is 3.46. The first-order valence-corrected chi connectivity index (χ1v) is 8.45. The molecule has 0 radical (unpaired) electrons. The van der Waals surface area contributed by atoms with Gasteiger partial charge in [-0.25, -0.2) is 0 Å². The molecule has 3 rings (SSSR count). The predicted octanol–water partition coefficient (Wildman–Crippen LogP) is 2.88. The van der Waals surface area contributed by atoms with Crippen LogP contribution in [0.4, 0.5) is 0 Å². The monoisotopic (exact) mass is 306 g/mol. The Morgan fingerprint density at radius 1 is 1.10 bits per heavy atom. The van der Waals surface area contributed by atoms with E-state index in [2.05, 4.69) is 40.1 Å². The van der Waals surface area contributed by atoms with Crippen molar-refractivity contribution < 1.29 is 4.79 Å². The zero-order valence-corrected chi connectivity index (χ0v) is 13.1. The van der Waals surface area contributed by atoms with Crippen molar-refractivity contribution in [2.75, 3.05) is 19.0 Å². The number of likely N-dealkylation sites (tertiary alicyclic amines) is 1. The Morgan fingerprint density at radius 2 is 1.71 bits per heavy atom. The minimum atomic E-state index is 0.126. The fraction of sp³-hybridized carbons (Fsp3) is 0.588. The minimum absolute atomic E-state index is 0.126. The van der Waals surface area contributed by atoms with E-state index in [9.17, 15) is 4.79 Å². The summed E-state index contributed by atoms with van der Waals surface area (Å²) in [6.45, 7) is 3.15. The quantitative estimate of drug-likeness (QED) is 0.781. The Hall–Kier alpha value is -1.06. The van der Waals surface area contributed by atoms with Crippen LogP contribution in [0.15, 0.2) is 30.3 Å². The molecule has 4 heteroatoms. The number of rotatable bonds is 5. The van der Waals surface area contributed by atoms with Crippen LogP contribution < -0.4 is 0 Å².